The molecule has 2 aliphatic rings. The van der Waals surface area contributed by atoms with E-state index in [0.29, 0.717) is 12.5 Å². The Morgan fingerprint density at radius 1 is 1.41 bits per heavy atom. The lowest BCUT2D eigenvalue weighted by atomic mass is 9.97. The van der Waals surface area contributed by atoms with Crippen LogP contribution in [0.4, 0.5) is 0 Å². The van der Waals surface area contributed by atoms with Crippen LogP contribution in [0.5, 0.6) is 0 Å². The molecule has 1 aromatic heterocycles. The van der Waals surface area contributed by atoms with Crippen molar-refractivity contribution in [2.75, 3.05) is 0 Å². The highest BCUT2D eigenvalue weighted by atomic mass is 16.2. The second-order valence-corrected chi connectivity index (χ2v) is 5.03. The van der Waals surface area contributed by atoms with Crippen LogP contribution in [0.3, 0.4) is 0 Å². The van der Waals surface area contributed by atoms with E-state index in [1.54, 1.807) is 12.4 Å². The molecule has 3 atom stereocenters. The molecular weight excluding hydrogens is 214 g/mol. The maximum absolute atomic E-state index is 12.3. The van der Waals surface area contributed by atoms with Gasteiger partial charge in [-0.1, -0.05) is 0 Å². The van der Waals surface area contributed by atoms with E-state index in [1.165, 1.54) is 0 Å². The van der Waals surface area contributed by atoms with Crippen LogP contribution in [0.1, 0.15) is 24.8 Å². The first-order valence-electron chi connectivity index (χ1n) is 6.21. The Morgan fingerprint density at radius 2 is 2.18 bits per heavy atom. The van der Waals surface area contributed by atoms with Gasteiger partial charge in [-0.05, 0) is 37.0 Å². The maximum atomic E-state index is 12.3. The highest BCUT2D eigenvalue weighted by Gasteiger charge is 2.46. The Bertz CT molecular complexity index is 420. The molecule has 0 aromatic carbocycles. The Kier molecular flexibility index (Phi) is 2.59. The zero-order valence-electron chi connectivity index (χ0n) is 9.75. The Hall–Kier alpha value is -1.42. The summed E-state index contributed by atoms with van der Waals surface area (Å²) in [5, 5.41) is 0. The fraction of sp³-hybridized carbons (Fsp3) is 0.538. The largest absolute Gasteiger partial charge is 0.335 e. The topological polar surface area (TPSA) is 59.2 Å². The van der Waals surface area contributed by atoms with Gasteiger partial charge in [-0.25, -0.2) is 0 Å². The SMILES string of the molecule is N[C@H]1C[C@H]2CC[C@@H]1N2C(=O)Cc1ccncc1. The molecule has 2 aliphatic heterocycles. The van der Waals surface area contributed by atoms with Crippen molar-refractivity contribution >= 4 is 5.91 Å². The summed E-state index contributed by atoms with van der Waals surface area (Å²) in [7, 11) is 0. The van der Waals surface area contributed by atoms with Crippen molar-refractivity contribution in [3.05, 3.63) is 30.1 Å². The van der Waals surface area contributed by atoms with Gasteiger partial charge in [0, 0.05) is 30.5 Å². The van der Waals surface area contributed by atoms with E-state index in [0.717, 1.165) is 24.8 Å². The molecule has 2 fully saturated rings. The number of rotatable bonds is 2. The summed E-state index contributed by atoms with van der Waals surface area (Å²) in [6, 6.07) is 4.67. The lowest BCUT2D eigenvalue weighted by molar-refractivity contribution is -0.131. The van der Waals surface area contributed by atoms with E-state index >= 15 is 0 Å². The summed E-state index contributed by atoms with van der Waals surface area (Å²) >= 11 is 0. The maximum Gasteiger partial charge on any atom is 0.227 e. The third kappa shape index (κ3) is 1.82. The lowest BCUT2D eigenvalue weighted by Crippen LogP contribution is -2.41. The van der Waals surface area contributed by atoms with Crippen molar-refractivity contribution < 1.29 is 4.79 Å². The highest BCUT2D eigenvalue weighted by Crippen LogP contribution is 2.37. The number of amides is 1. The van der Waals surface area contributed by atoms with Crippen molar-refractivity contribution in [3.8, 4) is 0 Å². The van der Waals surface area contributed by atoms with Crippen molar-refractivity contribution in [2.45, 2.75) is 43.8 Å². The summed E-state index contributed by atoms with van der Waals surface area (Å²) < 4.78 is 0. The highest BCUT2D eigenvalue weighted by molar-refractivity contribution is 5.80. The number of carbonyl (C=O) groups is 1. The van der Waals surface area contributed by atoms with E-state index < -0.39 is 0 Å². The second kappa shape index (κ2) is 4.11. The Morgan fingerprint density at radius 3 is 2.76 bits per heavy atom. The van der Waals surface area contributed by atoms with Gasteiger partial charge in [0.15, 0.2) is 0 Å². The lowest BCUT2D eigenvalue weighted by Gasteiger charge is -2.23. The van der Waals surface area contributed by atoms with Crippen molar-refractivity contribution in [1.82, 2.24) is 9.88 Å². The van der Waals surface area contributed by atoms with Gasteiger partial charge in [0.2, 0.25) is 5.91 Å². The zero-order chi connectivity index (χ0) is 11.8. The van der Waals surface area contributed by atoms with Crippen LogP contribution in [0, 0.1) is 0 Å². The van der Waals surface area contributed by atoms with Crippen LogP contribution in [-0.2, 0) is 11.2 Å². The predicted octanol–water partition coefficient (Wildman–Crippen LogP) is 0.715. The van der Waals surface area contributed by atoms with Gasteiger partial charge in [-0.3, -0.25) is 9.78 Å². The summed E-state index contributed by atoms with van der Waals surface area (Å²) in [5.74, 6) is 0.219. The first-order valence-corrected chi connectivity index (χ1v) is 6.21. The van der Waals surface area contributed by atoms with Crippen LogP contribution in [0.25, 0.3) is 0 Å². The van der Waals surface area contributed by atoms with E-state index in [2.05, 4.69) is 4.98 Å². The molecule has 0 unspecified atom stereocenters. The molecule has 90 valence electrons. The predicted molar refractivity (Wildman–Crippen MR) is 64.2 cm³/mol. The molecule has 3 heterocycles. The number of nitrogens with two attached hydrogens (primary N) is 1. The van der Waals surface area contributed by atoms with E-state index in [4.69, 9.17) is 5.73 Å². The summed E-state index contributed by atoms with van der Waals surface area (Å²) in [5.41, 5.74) is 7.07. The Balaban J connectivity index is 1.72. The summed E-state index contributed by atoms with van der Waals surface area (Å²) in [6.07, 6.45) is 7.11. The number of aromatic nitrogens is 1. The molecule has 17 heavy (non-hydrogen) atoms. The quantitative estimate of drug-likeness (QED) is 0.815. The van der Waals surface area contributed by atoms with Crippen LogP contribution in [0.15, 0.2) is 24.5 Å². The fourth-order valence-electron chi connectivity index (χ4n) is 3.19. The third-order valence-corrected chi connectivity index (χ3v) is 3.98. The standard InChI is InChI=1S/C13H17N3O/c14-11-8-10-1-2-12(11)16(10)13(17)7-9-3-5-15-6-4-9/h3-6,10-12H,1-2,7-8,14H2/t10-,11+,12+/m1/s1. The van der Waals surface area contributed by atoms with Crippen LogP contribution < -0.4 is 5.73 Å². The molecular formula is C13H17N3O. The molecule has 2 saturated heterocycles. The molecule has 4 heteroatoms. The van der Waals surface area contributed by atoms with Crippen LogP contribution >= 0.6 is 0 Å². The zero-order valence-corrected chi connectivity index (χ0v) is 9.75. The molecule has 4 nitrogen and oxygen atoms in total. The number of nitrogens with zero attached hydrogens (tertiary/aromatic N) is 2. The number of pyridine rings is 1. The third-order valence-electron chi connectivity index (χ3n) is 3.98. The Labute approximate surface area is 101 Å². The van der Waals surface area contributed by atoms with Gasteiger partial charge in [-0.15, -0.1) is 0 Å². The van der Waals surface area contributed by atoms with Gasteiger partial charge in [0.05, 0.1) is 6.42 Å². The molecule has 0 radical (unpaired) electrons. The molecule has 1 aromatic rings. The number of carbonyl (C=O) groups excluding carboxylic acids is 1. The number of fused-ring (bicyclic) bond motifs is 2. The van der Waals surface area contributed by atoms with Gasteiger partial charge in [0.1, 0.15) is 0 Å². The molecule has 2 N–H and O–H groups in total. The van der Waals surface area contributed by atoms with Crippen molar-refractivity contribution in [3.63, 3.8) is 0 Å². The van der Waals surface area contributed by atoms with E-state index in [9.17, 15) is 4.79 Å². The van der Waals surface area contributed by atoms with Crippen LogP contribution in [0.2, 0.25) is 0 Å². The normalized spacial score (nSPS) is 30.9. The summed E-state index contributed by atoms with van der Waals surface area (Å²) in [4.78, 5) is 18.3. The summed E-state index contributed by atoms with van der Waals surface area (Å²) in [6.45, 7) is 0. The minimum atomic E-state index is 0.190. The van der Waals surface area contributed by atoms with Crippen LogP contribution in [-0.4, -0.2) is 33.9 Å². The molecule has 0 saturated carbocycles. The minimum absolute atomic E-state index is 0.190. The molecule has 0 spiro atoms. The first kappa shape index (κ1) is 10.7. The van der Waals surface area contributed by atoms with Gasteiger partial charge >= 0.3 is 0 Å². The number of hydrogen-bond acceptors (Lipinski definition) is 3. The van der Waals surface area contributed by atoms with Gasteiger partial charge < -0.3 is 10.6 Å². The molecule has 3 rings (SSSR count). The second-order valence-electron chi connectivity index (χ2n) is 5.03. The monoisotopic (exact) mass is 231 g/mol. The average molecular weight is 231 g/mol. The molecule has 1 amide bonds. The minimum Gasteiger partial charge on any atom is -0.335 e. The molecule has 2 bridgehead atoms. The molecule has 0 aliphatic carbocycles. The number of hydrogen-bond donors (Lipinski definition) is 1. The first-order chi connectivity index (χ1) is 8.25. The average Bonchev–Trinajstić information content (AvgIpc) is 2.86. The smallest absolute Gasteiger partial charge is 0.227 e. The fourth-order valence-corrected chi connectivity index (χ4v) is 3.19. The van der Waals surface area contributed by atoms with Gasteiger partial charge in [-0.2, -0.15) is 0 Å². The van der Waals surface area contributed by atoms with Crippen molar-refractivity contribution in [2.24, 2.45) is 5.73 Å². The van der Waals surface area contributed by atoms with Crippen molar-refractivity contribution in [1.29, 1.82) is 0 Å². The van der Waals surface area contributed by atoms with E-state index in [-0.39, 0.29) is 18.0 Å². The van der Waals surface area contributed by atoms with E-state index in [1.807, 2.05) is 17.0 Å². The van der Waals surface area contributed by atoms with Gasteiger partial charge in [0.25, 0.3) is 0 Å².